The number of carbonyl (C=O) groups excluding carboxylic acids is 1. The van der Waals surface area contributed by atoms with Gasteiger partial charge in [-0.05, 0) is 41.4 Å². The Morgan fingerprint density at radius 1 is 1.40 bits per heavy atom. The number of carbonyl (C=O) groups is 1. The number of ether oxygens (including phenoxy) is 2. The summed E-state index contributed by atoms with van der Waals surface area (Å²) >= 11 is 3.51. The molecule has 0 radical (unpaired) electrons. The van der Waals surface area contributed by atoms with E-state index in [9.17, 15) is 4.79 Å². The summed E-state index contributed by atoms with van der Waals surface area (Å²) in [6.45, 7) is 4.39. The molecule has 5 heteroatoms. The molecular formula is C15H22BrNO3. The molecule has 0 aliphatic heterocycles. The molecule has 4 nitrogen and oxygen atoms in total. The van der Waals surface area contributed by atoms with Gasteiger partial charge in [-0.2, -0.15) is 0 Å². The molecule has 0 saturated heterocycles. The summed E-state index contributed by atoms with van der Waals surface area (Å²) in [5.41, 5.74) is 1.12. The highest BCUT2D eigenvalue weighted by atomic mass is 79.9. The van der Waals surface area contributed by atoms with Crippen LogP contribution in [0.5, 0.6) is 5.75 Å². The normalized spacial score (nSPS) is 10.3. The fourth-order valence-corrected chi connectivity index (χ4v) is 2.27. The minimum atomic E-state index is -0.203. The number of benzene rings is 1. The predicted molar refractivity (Wildman–Crippen MR) is 82.9 cm³/mol. The second-order valence-corrected chi connectivity index (χ2v) is 5.29. The maximum atomic E-state index is 11.0. The van der Waals surface area contributed by atoms with E-state index in [1.54, 1.807) is 0 Å². The zero-order chi connectivity index (χ0) is 14.8. The van der Waals surface area contributed by atoms with E-state index in [1.165, 1.54) is 7.11 Å². The lowest BCUT2D eigenvalue weighted by Crippen LogP contribution is -2.15. The Balaban J connectivity index is 2.51. The van der Waals surface area contributed by atoms with Crippen LogP contribution in [-0.2, 0) is 16.1 Å². The van der Waals surface area contributed by atoms with E-state index in [-0.39, 0.29) is 5.97 Å². The van der Waals surface area contributed by atoms with Crippen LogP contribution in [0.15, 0.2) is 22.7 Å². The number of rotatable bonds is 9. The van der Waals surface area contributed by atoms with Crippen LogP contribution in [0.25, 0.3) is 0 Å². The number of methoxy groups -OCH3 is 1. The highest BCUT2D eigenvalue weighted by Gasteiger charge is 2.08. The summed E-state index contributed by atoms with van der Waals surface area (Å²) in [6.07, 6.45) is 2.13. The number of hydrogen-bond acceptors (Lipinski definition) is 4. The van der Waals surface area contributed by atoms with E-state index in [4.69, 9.17) is 4.74 Å². The molecular weight excluding hydrogens is 322 g/mol. The van der Waals surface area contributed by atoms with E-state index in [2.05, 4.69) is 32.9 Å². The monoisotopic (exact) mass is 343 g/mol. The van der Waals surface area contributed by atoms with Gasteiger partial charge in [0, 0.05) is 18.5 Å². The van der Waals surface area contributed by atoms with Gasteiger partial charge in [0.25, 0.3) is 0 Å². The van der Waals surface area contributed by atoms with Crippen LogP contribution in [0.1, 0.15) is 31.7 Å². The standard InChI is InChI=1S/C15H22BrNO3/c1-3-9-17-11-12-6-4-7-13(16)15(12)20-10-5-8-14(18)19-2/h4,6-7,17H,3,5,8-11H2,1-2H3. The SMILES string of the molecule is CCCNCc1cccc(Br)c1OCCCC(=O)OC. The molecule has 0 bridgehead atoms. The first kappa shape index (κ1) is 17.0. The first-order valence-electron chi connectivity index (χ1n) is 6.86. The third-order valence-corrected chi connectivity index (χ3v) is 3.41. The van der Waals surface area contributed by atoms with Crippen molar-refractivity contribution in [3.63, 3.8) is 0 Å². The first-order chi connectivity index (χ1) is 9.69. The van der Waals surface area contributed by atoms with E-state index >= 15 is 0 Å². The topological polar surface area (TPSA) is 47.6 Å². The van der Waals surface area contributed by atoms with Gasteiger partial charge in [-0.3, -0.25) is 4.79 Å². The van der Waals surface area contributed by atoms with Crippen molar-refractivity contribution in [3.05, 3.63) is 28.2 Å². The zero-order valence-electron chi connectivity index (χ0n) is 12.1. The Morgan fingerprint density at radius 2 is 2.20 bits per heavy atom. The molecule has 1 aromatic carbocycles. The largest absolute Gasteiger partial charge is 0.492 e. The molecule has 0 aliphatic carbocycles. The molecule has 0 spiro atoms. The summed E-state index contributed by atoms with van der Waals surface area (Å²) in [4.78, 5) is 11.0. The third-order valence-electron chi connectivity index (χ3n) is 2.79. The van der Waals surface area contributed by atoms with Crippen LogP contribution >= 0.6 is 15.9 Å². The lowest BCUT2D eigenvalue weighted by molar-refractivity contribution is -0.140. The summed E-state index contributed by atoms with van der Waals surface area (Å²) in [7, 11) is 1.40. The molecule has 112 valence electrons. The van der Waals surface area contributed by atoms with Crippen LogP contribution in [0.2, 0.25) is 0 Å². The maximum absolute atomic E-state index is 11.0. The van der Waals surface area contributed by atoms with Gasteiger partial charge in [0.15, 0.2) is 0 Å². The van der Waals surface area contributed by atoms with Gasteiger partial charge < -0.3 is 14.8 Å². The van der Waals surface area contributed by atoms with Crippen LogP contribution in [0, 0.1) is 0 Å². The van der Waals surface area contributed by atoms with Crippen molar-refractivity contribution in [2.75, 3.05) is 20.3 Å². The average molecular weight is 344 g/mol. The minimum absolute atomic E-state index is 0.203. The Labute approximate surface area is 129 Å². The van der Waals surface area contributed by atoms with Gasteiger partial charge in [0.2, 0.25) is 0 Å². The van der Waals surface area contributed by atoms with Gasteiger partial charge >= 0.3 is 5.97 Å². The summed E-state index contributed by atoms with van der Waals surface area (Å²) in [5, 5.41) is 3.36. The predicted octanol–water partition coefficient (Wildman–Crippen LogP) is 3.28. The van der Waals surface area contributed by atoms with Crippen LogP contribution in [0.4, 0.5) is 0 Å². The number of esters is 1. The van der Waals surface area contributed by atoms with Gasteiger partial charge in [0.1, 0.15) is 5.75 Å². The van der Waals surface area contributed by atoms with Crippen molar-refractivity contribution >= 4 is 21.9 Å². The van der Waals surface area contributed by atoms with Crippen molar-refractivity contribution in [1.82, 2.24) is 5.32 Å². The molecule has 0 atom stereocenters. The fourth-order valence-electron chi connectivity index (χ4n) is 1.75. The van der Waals surface area contributed by atoms with Gasteiger partial charge in [0.05, 0.1) is 18.2 Å². The van der Waals surface area contributed by atoms with Crippen molar-refractivity contribution in [2.24, 2.45) is 0 Å². The summed E-state index contributed by atoms with van der Waals surface area (Å²) in [5.74, 6) is 0.645. The minimum Gasteiger partial charge on any atom is -0.492 e. The number of halogens is 1. The second-order valence-electron chi connectivity index (χ2n) is 4.43. The van der Waals surface area contributed by atoms with E-state index in [0.717, 1.165) is 35.3 Å². The lowest BCUT2D eigenvalue weighted by atomic mass is 10.2. The smallest absolute Gasteiger partial charge is 0.305 e. The average Bonchev–Trinajstić information content (AvgIpc) is 2.45. The molecule has 0 aromatic heterocycles. The Hall–Kier alpha value is -1.07. The van der Waals surface area contributed by atoms with Crippen molar-refractivity contribution < 1.29 is 14.3 Å². The molecule has 1 aromatic rings. The Morgan fingerprint density at radius 3 is 2.90 bits per heavy atom. The summed E-state index contributed by atoms with van der Waals surface area (Å²) < 4.78 is 11.3. The van der Waals surface area contributed by atoms with E-state index in [0.29, 0.717) is 19.4 Å². The molecule has 1 N–H and O–H groups in total. The second kappa shape index (κ2) is 9.77. The van der Waals surface area contributed by atoms with Crippen molar-refractivity contribution in [1.29, 1.82) is 0 Å². The highest BCUT2D eigenvalue weighted by molar-refractivity contribution is 9.10. The molecule has 0 aliphatic rings. The molecule has 0 saturated carbocycles. The Kier molecular flexibility index (Phi) is 8.30. The highest BCUT2D eigenvalue weighted by Crippen LogP contribution is 2.29. The molecule has 1 rings (SSSR count). The maximum Gasteiger partial charge on any atom is 0.305 e. The summed E-state index contributed by atoms with van der Waals surface area (Å²) in [6, 6.07) is 6.00. The fraction of sp³-hybridized carbons (Fsp3) is 0.533. The number of para-hydroxylation sites is 1. The van der Waals surface area contributed by atoms with E-state index in [1.807, 2.05) is 18.2 Å². The molecule has 0 heterocycles. The lowest BCUT2D eigenvalue weighted by Gasteiger charge is -2.13. The molecule has 0 amide bonds. The third kappa shape index (κ3) is 5.92. The Bertz CT molecular complexity index is 424. The van der Waals surface area contributed by atoms with Crippen LogP contribution in [0.3, 0.4) is 0 Å². The van der Waals surface area contributed by atoms with Crippen molar-refractivity contribution in [3.8, 4) is 5.75 Å². The number of nitrogens with one attached hydrogen (secondary N) is 1. The molecule has 0 fully saturated rings. The molecule has 0 unspecified atom stereocenters. The van der Waals surface area contributed by atoms with Crippen molar-refractivity contribution in [2.45, 2.75) is 32.7 Å². The van der Waals surface area contributed by atoms with Gasteiger partial charge in [-0.1, -0.05) is 19.1 Å². The van der Waals surface area contributed by atoms with E-state index < -0.39 is 0 Å². The van der Waals surface area contributed by atoms with Crippen LogP contribution < -0.4 is 10.1 Å². The number of hydrogen-bond donors (Lipinski definition) is 1. The zero-order valence-corrected chi connectivity index (χ0v) is 13.7. The molecule has 20 heavy (non-hydrogen) atoms. The van der Waals surface area contributed by atoms with Gasteiger partial charge in [-0.25, -0.2) is 0 Å². The van der Waals surface area contributed by atoms with Crippen LogP contribution in [-0.4, -0.2) is 26.2 Å². The quantitative estimate of drug-likeness (QED) is 0.552. The first-order valence-corrected chi connectivity index (χ1v) is 7.66. The van der Waals surface area contributed by atoms with Gasteiger partial charge in [-0.15, -0.1) is 0 Å².